The molecule has 0 aliphatic carbocycles. The molecule has 3 N–H and O–H groups in total. The smallest absolute Gasteiger partial charge is 0.223 e. The fourth-order valence-electron chi connectivity index (χ4n) is 1.68. The summed E-state index contributed by atoms with van der Waals surface area (Å²) in [6.45, 7) is 6.21. The number of anilines is 2. The SMILES string of the molecule is CCOCCNc1nc(N)nc2sc(CC)cc12. The van der Waals surface area contributed by atoms with Gasteiger partial charge in [-0.15, -0.1) is 11.3 Å². The third-order valence-electron chi connectivity index (χ3n) is 2.55. The lowest BCUT2D eigenvalue weighted by Crippen LogP contribution is -2.11. The number of hydrogen-bond acceptors (Lipinski definition) is 6. The number of ether oxygens (including phenoxy) is 1. The molecular weight excluding hydrogens is 248 g/mol. The molecule has 0 radical (unpaired) electrons. The molecule has 2 heterocycles. The third kappa shape index (κ3) is 2.88. The molecule has 0 saturated heterocycles. The molecule has 0 atom stereocenters. The van der Waals surface area contributed by atoms with Crippen LogP contribution in [0.2, 0.25) is 0 Å². The number of aryl methyl sites for hydroxylation is 1. The molecule has 0 fully saturated rings. The summed E-state index contributed by atoms with van der Waals surface area (Å²) in [5, 5.41) is 4.30. The highest BCUT2D eigenvalue weighted by Gasteiger charge is 2.09. The summed E-state index contributed by atoms with van der Waals surface area (Å²) >= 11 is 1.67. The largest absolute Gasteiger partial charge is 0.380 e. The zero-order valence-electron chi connectivity index (χ0n) is 10.7. The first-order valence-electron chi connectivity index (χ1n) is 6.12. The first kappa shape index (κ1) is 13.0. The van der Waals surface area contributed by atoms with E-state index in [4.69, 9.17) is 10.5 Å². The van der Waals surface area contributed by atoms with Crippen molar-refractivity contribution in [2.75, 3.05) is 30.8 Å². The highest BCUT2D eigenvalue weighted by Crippen LogP contribution is 2.29. The van der Waals surface area contributed by atoms with Crippen molar-refractivity contribution in [1.82, 2.24) is 9.97 Å². The van der Waals surface area contributed by atoms with Crippen LogP contribution in [-0.2, 0) is 11.2 Å². The molecule has 6 heteroatoms. The van der Waals surface area contributed by atoms with Crippen LogP contribution in [0.3, 0.4) is 0 Å². The van der Waals surface area contributed by atoms with Crippen molar-refractivity contribution in [2.24, 2.45) is 0 Å². The molecular formula is C12H18N4OS. The molecule has 98 valence electrons. The molecule has 0 unspecified atom stereocenters. The number of aromatic nitrogens is 2. The van der Waals surface area contributed by atoms with Crippen molar-refractivity contribution in [1.29, 1.82) is 0 Å². The Kier molecular flexibility index (Phi) is 4.33. The number of hydrogen-bond donors (Lipinski definition) is 2. The first-order valence-corrected chi connectivity index (χ1v) is 6.93. The average molecular weight is 266 g/mol. The van der Waals surface area contributed by atoms with Crippen LogP contribution in [0.4, 0.5) is 11.8 Å². The van der Waals surface area contributed by atoms with Gasteiger partial charge in [0.25, 0.3) is 0 Å². The monoisotopic (exact) mass is 266 g/mol. The molecule has 0 amide bonds. The maximum Gasteiger partial charge on any atom is 0.223 e. The number of nitrogens with one attached hydrogen (secondary N) is 1. The zero-order chi connectivity index (χ0) is 13.0. The molecule has 0 saturated carbocycles. The van der Waals surface area contributed by atoms with E-state index in [-0.39, 0.29) is 0 Å². The van der Waals surface area contributed by atoms with Crippen molar-refractivity contribution in [3.63, 3.8) is 0 Å². The number of nitrogens with zero attached hydrogens (tertiary/aromatic N) is 2. The number of nitrogen functional groups attached to an aromatic ring is 1. The van der Waals surface area contributed by atoms with Crippen LogP contribution in [0, 0.1) is 0 Å². The van der Waals surface area contributed by atoms with Crippen LogP contribution in [0.5, 0.6) is 0 Å². The Bertz CT molecular complexity index is 526. The van der Waals surface area contributed by atoms with E-state index < -0.39 is 0 Å². The van der Waals surface area contributed by atoms with Gasteiger partial charge < -0.3 is 15.8 Å². The van der Waals surface area contributed by atoms with Gasteiger partial charge in [0.1, 0.15) is 10.6 Å². The Hall–Kier alpha value is -1.40. The maximum absolute atomic E-state index is 5.72. The Morgan fingerprint density at radius 3 is 2.94 bits per heavy atom. The van der Waals surface area contributed by atoms with Gasteiger partial charge in [-0.2, -0.15) is 4.98 Å². The van der Waals surface area contributed by atoms with E-state index in [2.05, 4.69) is 28.3 Å². The van der Waals surface area contributed by atoms with Crippen LogP contribution >= 0.6 is 11.3 Å². The minimum atomic E-state index is 0.311. The zero-order valence-corrected chi connectivity index (χ0v) is 11.5. The topological polar surface area (TPSA) is 73.1 Å². The second-order valence-corrected chi connectivity index (χ2v) is 4.95. The third-order valence-corrected chi connectivity index (χ3v) is 3.73. The summed E-state index contributed by atoms with van der Waals surface area (Å²) in [4.78, 5) is 10.7. The second-order valence-electron chi connectivity index (χ2n) is 3.84. The van der Waals surface area contributed by atoms with E-state index in [0.717, 1.165) is 35.6 Å². The summed E-state index contributed by atoms with van der Waals surface area (Å²) < 4.78 is 5.29. The number of nitrogens with two attached hydrogens (primary N) is 1. The van der Waals surface area contributed by atoms with Crippen LogP contribution in [0.25, 0.3) is 10.2 Å². The van der Waals surface area contributed by atoms with E-state index in [1.807, 2.05) is 6.92 Å². The molecule has 5 nitrogen and oxygen atoms in total. The number of fused-ring (bicyclic) bond motifs is 1. The fourth-order valence-corrected chi connectivity index (χ4v) is 2.66. The molecule has 0 aliphatic heterocycles. The van der Waals surface area contributed by atoms with E-state index in [1.54, 1.807) is 11.3 Å². The molecule has 0 spiro atoms. The average Bonchev–Trinajstić information content (AvgIpc) is 2.77. The Balaban J connectivity index is 2.21. The van der Waals surface area contributed by atoms with Gasteiger partial charge in [0, 0.05) is 18.0 Å². The van der Waals surface area contributed by atoms with Crippen LogP contribution in [0.1, 0.15) is 18.7 Å². The summed E-state index contributed by atoms with van der Waals surface area (Å²) in [7, 11) is 0. The van der Waals surface area contributed by atoms with Gasteiger partial charge in [-0.1, -0.05) is 6.92 Å². The lowest BCUT2D eigenvalue weighted by molar-refractivity contribution is 0.158. The Labute approximate surface area is 110 Å². The predicted octanol–water partition coefficient (Wildman–Crippen LogP) is 2.28. The van der Waals surface area contributed by atoms with E-state index in [0.29, 0.717) is 12.6 Å². The fraction of sp³-hybridized carbons (Fsp3) is 0.500. The molecule has 0 aromatic carbocycles. The summed E-state index contributed by atoms with van der Waals surface area (Å²) in [6, 6.07) is 2.13. The minimum absolute atomic E-state index is 0.311. The van der Waals surface area contributed by atoms with Crippen molar-refractivity contribution in [3.8, 4) is 0 Å². The lowest BCUT2D eigenvalue weighted by Gasteiger charge is -2.07. The summed E-state index contributed by atoms with van der Waals surface area (Å²) in [6.07, 6.45) is 0.999. The van der Waals surface area contributed by atoms with Crippen LogP contribution in [0.15, 0.2) is 6.07 Å². The van der Waals surface area contributed by atoms with E-state index >= 15 is 0 Å². The van der Waals surface area contributed by atoms with E-state index in [9.17, 15) is 0 Å². The molecule has 0 bridgehead atoms. The maximum atomic E-state index is 5.72. The Morgan fingerprint density at radius 1 is 1.39 bits per heavy atom. The number of thiophene rings is 1. The lowest BCUT2D eigenvalue weighted by atomic mass is 10.3. The molecule has 0 aliphatic rings. The summed E-state index contributed by atoms with van der Waals surface area (Å²) in [5.74, 6) is 1.11. The predicted molar refractivity (Wildman–Crippen MR) is 76.2 cm³/mol. The van der Waals surface area contributed by atoms with Gasteiger partial charge in [0.15, 0.2) is 0 Å². The molecule has 2 aromatic rings. The van der Waals surface area contributed by atoms with Gasteiger partial charge in [0.2, 0.25) is 5.95 Å². The van der Waals surface area contributed by atoms with Crippen LogP contribution in [-0.4, -0.2) is 29.7 Å². The second kappa shape index (κ2) is 5.97. The van der Waals surface area contributed by atoms with Crippen LogP contribution < -0.4 is 11.1 Å². The normalized spacial score (nSPS) is 11.0. The highest BCUT2D eigenvalue weighted by molar-refractivity contribution is 7.18. The minimum Gasteiger partial charge on any atom is -0.380 e. The van der Waals surface area contributed by atoms with Crippen molar-refractivity contribution >= 4 is 33.3 Å². The van der Waals surface area contributed by atoms with Gasteiger partial charge in [-0.25, -0.2) is 4.98 Å². The standard InChI is InChI=1S/C12H18N4OS/c1-3-8-7-9-10(14-5-6-17-4-2)15-12(13)16-11(9)18-8/h7H,3-6H2,1-2H3,(H3,13,14,15,16). The van der Waals surface area contributed by atoms with Crippen molar-refractivity contribution in [3.05, 3.63) is 10.9 Å². The van der Waals surface area contributed by atoms with Gasteiger partial charge >= 0.3 is 0 Å². The van der Waals surface area contributed by atoms with Crippen molar-refractivity contribution in [2.45, 2.75) is 20.3 Å². The van der Waals surface area contributed by atoms with Gasteiger partial charge in [-0.3, -0.25) is 0 Å². The molecule has 2 aromatic heterocycles. The number of rotatable bonds is 6. The highest BCUT2D eigenvalue weighted by atomic mass is 32.1. The van der Waals surface area contributed by atoms with E-state index in [1.165, 1.54) is 4.88 Å². The quantitative estimate of drug-likeness (QED) is 0.785. The Morgan fingerprint density at radius 2 is 2.22 bits per heavy atom. The first-order chi connectivity index (χ1) is 8.74. The van der Waals surface area contributed by atoms with Gasteiger partial charge in [-0.05, 0) is 19.4 Å². The summed E-state index contributed by atoms with van der Waals surface area (Å²) in [5.41, 5.74) is 5.72. The van der Waals surface area contributed by atoms with Gasteiger partial charge in [0.05, 0.1) is 12.0 Å². The van der Waals surface area contributed by atoms with Crippen molar-refractivity contribution < 1.29 is 4.74 Å². The molecule has 18 heavy (non-hydrogen) atoms. The molecule has 2 rings (SSSR count).